The second kappa shape index (κ2) is 4.94. The number of carbonyl (C=O) groups excluding carboxylic acids is 1. The summed E-state index contributed by atoms with van der Waals surface area (Å²) in [4.78, 5) is 15.2. The summed E-state index contributed by atoms with van der Waals surface area (Å²) in [6.07, 6.45) is 2.62. The van der Waals surface area contributed by atoms with Gasteiger partial charge in [0.05, 0.1) is 6.20 Å². The molecule has 2 aromatic rings. The van der Waals surface area contributed by atoms with Crippen LogP contribution >= 0.6 is 15.9 Å². The lowest BCUT2D eigenvalue weighted by molar-refractivity contribution is 0.0923. The number of aromatic nitrogens is 1. The van der Waals surface area contributed by atoms with Crippen molar-refractivity contribution in [2.45, 2.75) is 6.54 Å². The molecule has 0 bridgehead atoms. The van der Waals surface area contributed by atoms with Crippen molar-refractivity contribution in [3.63, 3.8) is 0 Å². The van der Waals surface area contributed by atoms with Gasteiger partial charge >= 0.3 is 0 Å². The monoisotopic (exact) mass is 280 g/mol. The molecule has 82 valence electrons. The molecule has 1 N–H and O–H groups in total. The topological polar surface area (TPSA) is 55.1 Å². The van der Waals surface area contributed by atoms with E-state index in [1.165, 1.54) is 12.6 Å². The molecule has 0 spiro atoms. The van der Waals surface area contributed by atoms with Crippen LogP contribution in [-0.2, 0) is 6.54 Å². The van der Waals surface area contributed by atoms with E-state index in [0.717, 1.165) is 10.0 Å². The van der Waals surface area contributed by atoms with Crippen LogP contribution in [0.4, 0.5) is 0 Å². The van der Waals surface area contributed by atoms with Crippen molar-refractivity contribution >= 4 is 21.8 Å². The second-order valence-electron chi connectivity index (χ2n) is 3.18. The first kappa shape index (κ1) is 10.9. The summed E-state index contributed by atoms with van der Waals surface area (Å²) in [5.74, 6) is -0.0486. The van der Waals surface area contributed by atoms with E-state index in [0.29, 0.717) is 6.54 Å². The maximum atomic E-state index is 11.5. The minimum atomic E-state index is -0.266. The fraction of sp³-hybridized carbons (Fsp3) is 0.0909. The molecule has 0 radical (unpaired) electrons. The van der Waals surface area contributed by atoms with Gasteiger partial charge in [0, 0.05) is 11.0 Å². The lowest BCUT2D eigenvalue weighted by Gasteiger charge is -2.03. The summed E-state index contributed by atoms with van der Waals surface area (Å²) in [6.45, 7) is 0.457. The zero-order chi connectivity index (χ0) is 11.4. The standard InChI is InChI=1S/C11H9BrN2O2/c12-9-3-1-2-8(4-9)5-14-11(15)10-6-13-7-16-10/h1-4,6-7H,5H2,(H,14,15). The highest BCUT2D eigenvalue weighted by Crippen LogP contribution is 2.11. The zero-order valence-corrected chi connectivity index (χ0v) is 9.90. The van der Waals surface area contributed by atoms with Gasteiger partial charge < -0.3 is 9.73 Å². The van der Waals surface area contributed by atoms with E-state index in [9.17, 15) is 4.79 Å². The van der Waals surface area contributed by atoms with Crippen LogP contribution in [0, 0.1) is 0 Å². The SMILES string of the molecule is O=C(NCc1cccc(Br)c1)c1cnco1. The minimum Gasteiger partial charge on any atom is -0.438 e. The van der Waals surface area contributed by atoms with Crippen molar-refractivity contribution in [1.82, 2.24) is 10.3 Å². The van der Waals surface area contributed by atoms with E-state index in [2.05, 4.69) is 26.2 Å². The molecule has 5 heteroatoms. The van der Waals surface area contributed by atoms with Gasteiger partial charge in [-0.05, 0) is 17.7 Å². The van der Waals surface area contributed by atoms with Crippen LogP contribution in [-0.4, -0.2) is 10.9 Å². The molecule has 1 amide bonds. The van der Waals surface area contributed by atoms with Gasteiger partial charge in [0.2, 0.25) is 5.76 Å². The second-order valence-corrected chi connectivity index (χ2v) is 4.09. The first-order valence-corrected chi connectivity index (χ1v) is 5.46. The average molecular weight is 281 g/mol. The Kier molecular flexibility index (Phi) is 3.36. The molecular formula is C11H9BrN2O2. The van der Waals surface area contributed by atoms with E-state index in [1.807, 2.05) is 24.3 Å². The van der Waals surface area contributed by atoms with Crippen LogP contribution < -0.4 is 5.32 Å². The predicted molar refractivity (Wildman–Crippen MR) is 61.8 cm³/mol. The van der Waals surface area contributed by atoms with Gasteiger partial charge in [0.15, 0.2) is 6.39 Å². The van der Waals surface area contributed by atoms with E-state index in [-0.39, 0.29) is 11.7 Å². The highest BCUT2D eigenvalue weighted by atomic mass is 79.9. The van der Waals surface area contributed by atoms with Gasteiger partial charge in [0.25, 0.3) is 5.91 Å². The van der Waals surface area contributed by atoms with Crippen LogP contribution in [0.1, 0.15) is 16.1 Å². The molecular weight excluding hydrogens is 272 g/mol. The third kappa shape index (κ3) is 2.70. The van der Waals surface area contributed by atoms with Gasteiger partial charge in [-0.1, -0.05) is 28.1 Å². The van der Waals surface area contributed by atoms with Crippen molar-refractivity contribution in [1.29, 1.82) is 0 Å². The maximum Gasteiger partial charge on any atom is 0.288 e. The highest BCUT2D eigenvalue weighted by Gasteiger charge is 2.08. The molecule has 0 saturated heterocycles. The number of benzene rings is 1. The number of halogens is 1. The Morgan fingerprint density at radius 1 is 1.50 bits per heavy atom. The maximum absolute atomic E-state index is 11.5. The first-order valence-electron chi connectivity index (χ1n) is 4.67. The van der Waals surface area contributed by atoms with Crippen LogP contribution in [0.2, 0.25) is 0 Å². The number of nitrogens with zero attached hydrogens (tertiary/aromatic N) is 1. The molecule has 4 nitrogen and oxygen atoms in total. The number of carbonyl (C=O) groups is 1. The molecule has 0 fully saturated rings. The van der Waals surface area contributed by atoms with Crippen molar-refractivity contribution in [2.75, 3.05) is 0 Å². The third-order valence-corrected chi connectivity index (χ3v) is 2.49. The number of oxazole rings is 1. The lowest BCUT2D eigenvalue weighted by Crippen LogP contribution is -2.22. The highest BCUT2D eigenvalue weighted by molar-refractivity contribution is 9.10. The minimum absolute atomic E-state index is 0.218. The van der Waals surface area contributed by atoms with Gasteiger partial charge in [-0.25, -0.2) is 4.98 Å². The molecule has 0 aliphatic carbocycles. The van der Waals surface area contributed by atoms with Crippen molar-refractivity contribution < 1.29 is 9.21 Å². The van der Waals surface area contributed by atoms with Gasteiger partial charge in [-0.15, -0.1) is 0 Å². The molecule has 0 aliphatic heterocycles. The van der Waals surface area contributed by atoms with E-state index in [4.69, 9.17) is 4.42 Å². The number of amides is 1. The zero-order valence-electron chi connectivity index (χ0n) is 8.31. The Balaban J connectivity index is 1.95. The normalized spacial score (nSPS) is 10.1. The Labute approximate surface area is 101 Å². The average Bonchev–Trinajstić information content (AvgIpc) is 2.79. The number of hydrogen-bond donors (Lipinski definition) is 1. The van der Waals surface area contributed by atoms with Gasteiger partial charge in [-0.2, -0.15) is 0 Å². The third-order valence-electron chi connectivity index (χ3n) is 2.00. The van der Waals surface area contributed by atoms with Crippen LogP contribution in [0.3, 0.4) is 0 Å². The molecule has 0 saturated carbocycles. The number of rotatable bonds is 3. The fourth-order valence-electron chi connectivity index (χ4n) is 1.24. The van der Waals surface area contributed by atoms with Gasteiger partial charge in [0.1, 0.15) is 0 Å². The fourth-order valence-corrected chi connectivity index (χ4v) is 1.69. The van der Waals surface area contributed by atoms with Gasteiger partial charge in [-0.3, -0.25) is 4.79 Å². The first-order chi connectivity index (χ1) is 7.75. The van der Waals surface area contributed by atoms with E-state index in [1.54, 1.807) is 0 Å². The lowest BCUT2D eigenvalue weighted by atomic mass is 10.2. The summed E-state index contributed by atoms with van der Waals surface area (Å²) in [5, 5.41) is 2.74. The molecule has 0 unspecified atom stereocenters. The molecule has 0 aliphatic rings. The van der Waals surface area contributed by atoms with Crippen molar-refractivity contribution in [3.05, 3.63) is 52.7 Å². The Bertz CT molecular complexity index is 482. The Hall–Kier alpha value is -1.62. The Morgan fingerprint density at radius 2 is 2.38 bits per heavy atom. The molecule has 1 aromatic heterocycles. The Morgan fingerprint density at radius 3 is 3.06 bits per heavy atom. The van der Waals surface area contributed by atoms with E-state index < -0.39 is 0 Å². The smallest absolute Gasteiger partial charge is 0.288 e. The summed E-state index contributed by atoms with van der Waals surface area (Å²) in [6, 6.07) is 7.73. The summed E-state index contributed by atoms with van der Waals surface area (Å²) in [7, 11) is 0. The molecule has 1 heterocycles. The predicted octanol–water partition coefficient (Wildman–Crippen LogP) is 2.37. The molecule has 2 rings (SSSR count). The quantitative estimate of drug-likeness (QED) is 0.939. The largest absolute Gasteiger partial charge is 0.438 e. The summed E-state index contributed by atoms with van der Waals surface area (Å²) < 4.78 is 5.86. The van der Waals surface area contributed by atoms with Crippen LogP contribution in [0.25, 0.3) is 0 Å². The molecule has 0 atom stereocenters. The van der Waals surface area contributed by atoms with Crippen LogP contribution in [0.15, 0.2) is 45.7 Å². The molecule has 1 aromatic carbocycles. The van der Waals surface area contributed by atoms with E-state index >= 15 is 0 Å². The molecule has 16 heavy (non-hydrogen) atoms. The summed E-state index contributed by atoms with van der Waals surface area (Å²) in [5.41, 5.74) is 1.02. The number of hydrogen-bond acceptors (Lipinski definition) is 3. The summed E-state index contributed by atoms with van der Waals surface area (Å²) >= 11 is 3.37. The van der Waals surface area contributed by atoms with Crippen molar-refractivity contribution in [3.8, 4) is 0 Å². The van der Waals surface area contributed by atoms with Crippen LogP contribution in [0.5, 0.6) is 0 Å². The van der Waals surface area contributed by atoms with Crippen molar-refractivity contribution in [2.24, 2.45) is 0 Å². The number of nitrogens with one attached hydrogen (secondary N) is 1.